The Morgan fingerprint density at radius 2 is 2.07 bits per heavy atom. The van der Waals surface area contributed by atoms with Gasteiger partial charge in [0.05, 0.1) is 38.1 Å². The second kappa shape index (κ2) is 7.94. The lowest BCUT2D eigenvalue weighted by Crippen LogP contribution is -2.46. The number of morpholine rings is 1. The first-order chi connectivity index (χ1) is 13.5. The molecule has 2 saturated heterocycles. The van der Waals surface area contributed by atoms with Crippen LogP contribution in [0.25, 0.3) is 0 Å². The number of carbonyl (C=O) groups excluding carboxylic acids is 1. The number of rotatable bonds is 4. The van der Waals surface area contributed by atoms with Gasteiger partial charge >= 0.3 is 0 Å². The van der Waals surface area contributed by atoms with Crippen LogP contribution >= 0.6 is 0 Å². The van der Waals surface area contributed by atoms with Crippen LogP contribution in [0.5, 0.6) is 0 Å². The molecule has 1 aromatic carbocycles. The molecule has 1 amide bonds. The Morgan fingerprint density at radius 3 is 2.82 bits per heavy atom. The van der Waals surface area contributed by atoms with Crippen LogP contribution in [0.15, 0.2) is 30.5 Å². The van der Waals surface area contributed by atoms with Gasteiger partial charge in [0.1, 0.15) is 11.9 Å². The molecule has 28 heavy (non-hydrogen) atoms. The molecule has 1 aromatic heterocycles. The van der Waals surface area contributed by atoms with Crippen molar-refractivity contribution in [2.45, 2.75) is 25.2 Å². The third-order valence-electron chi connectivity index (χ3n) is 5.33. The molecule has 0 bridgehead atoms. The lowest BCUT2D eigenvalue weighted by atomic mass is 10.0. The van der Waals surface area contributed by atoms with Gasteiger partial charge in [-0.2, -0.15) is 0 Å². The van der Waals surface area contributed by atoms with Crippen molar-refractivity contribution in [3.8, 4) is 0 Å². The Kier molecular flexibility index (Phi) is 5.38. The standard InChI is InChI=1S/C19H24FN5O3/c1-12-7-24(9-18(28-12)13-2-4-15(20)5-3-13)19(26)16-8-25(23-22-16)17-11-27-10-14(17)6-21/h2-5,8,12,14,17-18H,6-7,9-11,21H2,1H3/t12-,14-,17-,18-/m1/s1. The van der Waals surface area contributed by atoms with E-state index in [2.05, 4.69) is 10.3 Å². The average Bonchev–Trinajstić information content (AvgIpc) is 3.36. The predicted molar refractivity (Wildman–Crippen MR) is 98.0 cm³/mol. The molecule has 0 radical (unpaired) electrons. The van der Waals surface area contributed by atoms with Crippen molar-refractivity contribution >= 4 is 5.91 Å². The summed E-state index contributed by atoms with van der Waals surface area (Å²) in [7, 11) is 0. The van der Waals surface area contributed by atoms with E-state index >= 15 is 0 Å². The predicted octanol–water partition coefficient (Wildman–Crippen LogP) is 1.17. The van der Waals surface area contributed by atoms with Gasteiger partial charge in [-0.25, -0.2) is 9.07 Å². The highest BCUT2D eigenvalue weighted by atomic mass is 19.1. The molecule has 9 heteroatoms. The fourth-order valence-electron chi connectivity index (χ4n) is 3.78. The van der Waals surface area contributed by atoms with Crippen LogP contribution in [0.4, 0.5) is 4.39 Å². The summed E-state index contributed by atoms with van der Waals surface area (Å²) in [5.41, 5.74) is 6.91. The zero-order valence-corrected chi connectivity index (χ0v) is 15.7. The molecule has 2 aliphatic heterocycles. The Balaban J connectivity index is 1.49. The summed E-state index contributed by atoms with van der Waals surface area (Å²) in [4.78, 5) is 14.7. The summed E-state index contributed by atoms with van der Waals surface area (Å²) >= 11 is 0. The molecular formula is C19H24FN5O3. The zero-order chi connectivity index (χ0) is 19.7. The lowest BCUT2D eigenvalue weighted by Gasteiger charge is -2.36. The number of nitrogens with zero attached hydrogens (tertiary/aromatic N) is 4. The first-order valence-corrected chi connectivity index (χ1v) is 9.45. The molecule has 3 heterocycles. The summed E-state index contributed by atoms with van der Waals surface area (Å²) in [5, 5.41) is 8.20. The number of hydrogen-bond acceptors (Lipinski definition) is 6. The van der Waals surface area contributed by atoms with Crippen LogP contribution in [-0.4, -0.2) is 64.8 Å². The van der Waals surface area contributed by atoms with E-state index in [0.29, 0.717) is 32.8 Å². The Bertz CT molecular complexity index is 827. The number of ether oxygens (including phenoxy) is 2. The van der Waals surface area contributed by atoms with E-state index in [1.807, 2.05) is 6.92 Å². The van der Waals surface area contributed by atoms with Crippen LogP contribution in [0.1, 0.15) is 35.1 Å². The van der Waals surface area contributed by atoms with Gasteiger partial charge in [-0.05, 0) is 31.2 Å². The molecule has 150 valence electrons. The number of benzene rings is 1. The Hall–Kier alpha value is -2.36. The quantitative estimate of drug-likeness (QED) is 0.843. The summed E-state index contributed by atoms with van der Waals surface area (Å²) in [6.07, 6.45) is 1.21. The molecule has 0 unspecified atom stereocenters. The number of aromatic nitrogens is 3. The van der Waals surface area contributed by atoms with Gasteiger partial charge in [-0.15, -0.1) is 5.10 Å². The number of amides is 1. The van der Waals surface area contributed by atoms with E-state index < -0.39 is 0 Å². The Morgan fingerprint density at radius 1 is 1.29 bits per heavy atom. The van der Waals surface area contributed by atoms with E-state index in [9.17, 15) is 9.18 Å². The molecule has 8 nitrogen and oxygen atoms in total. The molecule has 2 aliphatic rings. The third-order valence-corrected chi connectivity index (χ3v) is 5.33. The van der Waals surface area contributed by atoms with Gasteiger partial charge in [0.15, 0.2) is 5.69 Å². The van der Waals surface area contributed by atoms with Crippen LogP contribution < -0.4 is 5.73 Å². The molecule has 2 N–H and O–H groups in total. The molecule has 4 rings (SSSR count). The second-order valence-electron chi connectivity index (χ2n) is 7.38. The van der Waals surface area contributed by atoms with Gasteiger partial charge in [0.25, 0.3) is 5.91 Å². The van der Waals surface area contributed by atoms with Crippen molar-refractivity contribution in [3.05, 3.63) is 47.5 Å². The first-order valence-electron chi connectivity index (χ1n) is 9.45. The van der Waals surface area contributed by atoms with Crippen LogP contribution in [0.2, 0.25) is 0 Å². The third kappa shape index (κ3) is 3.78. The maximum atomic E-state index is 13.2. The van der Waals surface area contributed by atoms with Gasteiger partial charge in [-0.1, -0.05) is 17.3 Å². The van der Waals surface area contributed by atoms with Crippen molar-refractivity contribution in [2.24, 2.45) is 11.7 Å². The van der Waals surface area contributed by atoms with Gasteiger partial charge in [-0.3, -0.25) is 4.79 Å². The average molecular weight is 389 g/mol. The minimum atomic E-state index is -0.312. The largest absolute Gasteiger partial charge is 0.379 e. The molecule has 2 aromatic rings. The maximum absolute atomic E-state index is 13.2. The monoisotopic (exact) mass is 389 g/mol. The summed E-state index contributed by atoms with van der Waals surface area (Å²) in [5.74, 6) is -0.337. The van der Waals surface area contributed by atoms with E-state index in [1.165, 1.54) is 12.1 Å². The fraction of sp³-hybridized carbons (Fsp3) is 0.526. The fourth-order valence-corrected chi connectivity index (χ4v) is 3.78. The molecule has 4 atom stereocenters. The maximum Gasteiger partial charge on any atom is 0.276 e. The normalized spacial score (nSPS) is 27.9. The van der Waals surface area contributed by atoms with Gasteiger partial charge in [0, 0.05) is 12.5 Å². The highest BCUT2D eigenvalue weighted by Crippen LogP contribution is 2.27. The van der Waals surface area contributed by atoms with E-state index in [-0.39, 0.29) is 41.6 Å². The van der Waals surface area contributed by atoms with Crippen molar-refractivity contribution in [1.29, 1.82) is 0 Å². The smallest absolute Gasteiger partial charge is 0.276 e. The number of nitrogens with two attached hydrogens (primary N) is 1. The minimum absolute atomic E-state index is 0.00498. The van der Waals surface area contributed by atoms with Crippen molar-refractivity contribution in [3.63, 3.8) is 0 Å². The second-order valence-corrected chi connectivity index (χ2v) is 7.38. The van der Waals surface area contributed by atoms with E-state index in [4.69, 9.17) is 15.2 Å². The molecule has 0 spiro atoms. The van der Waals surface area contributed by atoms with E-state index in [0.717, 1.165) is 5.56 Å². The molecule has 0 saturated carbocycles. The highest BCUT2D eigenvalue weighted by molar-refractivity contribution is 5.92. The zero-order valence-electron chi connectivity index (χ0n) is 15.7. The van der Waals surface area contributed by atoms with Gasteiger partial charge in [0.2, 0.25) is 0 Å². The molecule has 2 fully saturated rings. The number of hydrogen-bond donors (Lipinski definition) is 1. The first kappa shape index (κ1) is 19.0. The van der Waals surface area contributed by atoms with Crippen molar-refractivity contribution < 1.29 is 18.7 Å². The van der Waals surface area contributed by atoms with Crippen LogP contribution in [-0.2, 0) is 9.47 Å². The van der Waals surface area contributed by atoms with E-state index in [1.54, 1.807) is 27.9 Å². The highest BCUT2D eigenvalue weighted by Gasteiger charge is 2.33. The molecular weight excluding hydrogens is 365 g/mol. The topological polar surface area (TPSA) is 95.5 Å². The SMILES string of the molecule is C[C@@H]1CN(C(=O)c2cn([C@@H]3COC[C@H]3CN)nn2)C[C@H](c2ccc(F)cc2)O1. The summed E-state index contributed by atoms with van der Waals surface area (Å²) in [6.45, 7) is 4.34. The van der Waals surface area contributed by atoms with Crippen molar-refractivity contribution in [2.75, 3.05) is 32.8 Å². The summed E-state index contributed by atoms with van der Waals surface area (Å²) in [6, 6.07) is 6.16. The molecule has 0 aliphatic carbocycles. The number of carbonyl (C=O) groups is 1. The van der Waals surface area contributed by atoms with Gasteiger partial charge < -0.3 is 20.1 Å². The summed E-state index contributed by atoms with van der Waals surface area (Å²) < 4.78 is 26.3. The number of halogens is 1. The van der Waals surface area contributed by atoms with Crippen molar-refractivity contribution in [1.82, 2.24) is 19.9 Å². The lowest BCUT2D eigenvalue weighted by molar-refractivity contribution is -0.0693. The van der Waals surface area contributed by atoms with Crippen LogP contribution in [0, 0.1) is 11.7 Å². The minimum Gasteiger partial charge on any atom is -0.379 e. The Labute approximate surface area is 162 Å². The van der Waals surface area contributed by atoms with Crippen LogP contribution in [0.3, 0.4) is 0 Å².